The zero-order valence-electron chi connectivity index (χ0n) is 5.99. The molecule has 0 unspecified atom stereocenters. The van der Waals surface area contributed by atoms with E-state index in [0.717, 1.165) is 0 Å². The molecule has 1 aliphatic carbocycles. The summed E-state index contributed by atoms with van der Waals surface area (Å²) in [4.78, 5) is 0. The second-order valence-electron chi connectivity index (χ2n) is 3.91. The highest BCUT2D eigenvalue weighted by atomic mass is 14.8. The van der Waals surface area contributed by atoms with Gasteiger partial charge in [-0.05, 0) is 12.8 Å². The molecule has 0 atom stereocenters. The standard InChI is InChI=1S/C4H12B3N/c5-4(6,7)3(8)1-2-3/h1-2,5-8H2. The quantitative estimate of drug-likeness (QED) is 0.366. The lowest BCUT2D eigenvalue weighted by molar-refractivity contribution is 0.684. The Bertz CT molecular complexity index is 99.1. The summed E-state index contributed by atoms with van der Waals surface area (Å²) < 4.78 is 0. The summed E-state index contributed by atoms with van der Waals surface area (Å²) in [6.07, 6.45) is 2.44. The van der Waals surface area contributed by atoms with Crippen molar-refractivity contribution in [2.24, 2.45) is 5.73 Å². The largest absolute Gasteiger partial charge is 0.327 e. The molecule has 0 aromatic heterocycles. The summed E-state index contributed by atoms with van der Waals surface area (Å²) in [7, 11) is 6.62. The Labute approximate surface area is 53.6 Å². The molecule has 0 bridgehead atoms. The minimum absolute atomic E-state index is 0.188. The maximum atomic E-state index is 5.92. The molecule has 0 amide bonds. The third-order valence-electron chi connectivity index (χ3n) is 2.28. The van der Waals surface area contributed by atoms with E-state index in [1.807, 2.05) is 0 Å². The van der Waals surface area contributed by atoms with Crippen LogP contribution in [0.5, 0.6) is 0 Å². The van der Waals surface area contributed by atoms with Gasteiger partial charge in [-0.25, -0.2) is 0 Å². The fourth-order valence-electron chi connectivity index (χ4n) is 0.885. The monoisotopic (exact) mass is 107 g/mol. The van der Waals surface area contributed by atoms with Crippen molar-refractivity contribution >= 4 is 23.5 Å². The van der Waals surface area contributed by atoms with Crippen LogP contribution in [0.1, 0.15) is 12.8 Å². The topological polar surface area (TPSA) is 26.0 Å². The highest BCUT2D eigenvalue weighted by Gasteiger charge is 2.47. The Hall–Kier alpha value is 0.155. The molecule has 1 rings (SSSR count). The van der Waals surface area contributed by atoms with Gasteiger partial charge in [0.25, 0.3) is 0 Å². The van der Waals surface area contributed by atoms with Gasteiger partial charge in [0.15, 0.2) is 0 Å². The Balaban J connectivity index is 2.58. The van der Waals surface area contributed by atoms with Crippen molar-refractivity contribution in [1.29, 1.82) is 0 Å². The molecular formula is C4H12B3N. The molecule has 0 spiro atoms. The number of hydrogen-bond acceptors (Lipinski definition) is 1. The molecule has 0 aliphatic heterocycles. The lowest BCUT2D eigenvalue weighted by atomic mass is 9.38. The van der Waals surface area contributed by atoms with Gasteiger partial charge in [0.05, 0.1) is 23.5 Å². The van der Waals surface area contributed by atoms with Crippen molar-refractivity contribution in [3.63, 3.8) is 0 Å². The molecule has 2 N–H and O–H groups in total. The lowest BCUT2D eigenvalue weighted by Crippen LogP contribution is -2.39. The van der Waals surface area contributed by atoms with Crippen LogP contribution in [0.15, 0.2) is 0 Å². The Morgan fingerprint density at radius 1 is 1.25 bits per heavy atom. The van der Waals surface area contributed by atoms with Crippen LogP contribution in [0.4, 0.5) is 0 Å². The summed E-state index contributed by atoms with van der Waals surface area (Å²) >= 11 is 0. The van der Waals surface area contributed by atoms with E-state index < -0.39 is 0 Å². The minimum Gasteiger partial charge on any atom is -0.327 e. The van der Waals surface area contributed by atoms with Crippen molar-refractivity contribution in [3.05, 3.63) is 0 Å². The molecule has 0 aromatic rings. The summed E-state index contributed by atoms with van der Waals surface area (Å²) in [6, 6.07) is 0. The second kappa shape index (κ2) is 1.35. The number of nitrogens with two attached hydrogens (primary N) is 1. The maximum Gasteiger partial charge on any atom is 0.0927 e. The highest BCUT2D eigenvalue weighted by molar-refractivity contribution is 6.60. The van der Waals surface area contributed by atoms with E-state index in [-0.39, 0.29) is 5.54 Å². The van der Waals surface area contributed by atoms with E-state index in [2.05, 4.69) is 23.5 Å². The Morgan fingerprint density at radius 2 is 1.62 bits per heavy atom. The molecule has 4 heteroatoms. The van der Waals surface area contributed by atoms with E-state index in [1.165, 1.54) is 12.8 Å². The zero-order valence-corrected chi connectivity index (χ0v) is 5.99. The Morgan fingerprint density at radius 3 is 1.62 bits per heavy atom. The predicted molar refractivity (Wildman–Crippen MR) is 44.5 cm³/mol. The van der Waals surface area contributed by atoms with Crippen molar-refractivity contribution in [2.45, 2.75) is 23.5 Å². The van der Waals surface area contributed by atoms with Crippen LogP contribution < -0.4 is 5.73 Å². The molecular weight excluding hydrogens is 94.5 g/mol. The van der Waals surface area contributed by atoms with Crippen LogP contribution in [-0.4, -0.2) is 29.1 Å². The van der Waals surface area contributed by atoms with Crippen LogP contribution in [0.2, 0.25) is 5.11 Å². The van der Waals surface area contributed by atoms with Gasteiger partial charge in [-0.1, -0.05) is 5.11 Å². The van der Waals surface area contributed by atoms with Gasteiger partial charge in [0, 0.05) is 5.54 Å². The van der Waals surface area contributed by atoms with Crippen molar-refractivity contribution < 1.29 is 0 Å². The van der Waals surface area contributed by atoms with E-state index in [4.69, 9.17) is 5.73 Å². The smallest absolute Gasteiger partial charge is 0.0927 e. The molecule has 1 saturated carbocycles. The third kappa shape index (κ3) is 0.816. The molecule has 42 valence electrons. The minimum atomic E-state index is 0.188. The van der Waals surface area contributed by atoms with E-state index in [9.17, 15) is 0 Å². The average Bonchev–Trinajstić information content (AvgIpc) is 2.16. The molecule has 0 saturated heterocycles. The number of hydrogen-bond donors (Lipinski definition) is 1. The third-order valence-corrected chi connectivity index (χ3v) is 2.28. The van der Waals surface area contributed by atoms with Crippen LogP contribution in [0, 0.1) is 0 Å². The van der Waals surface area contributed by atoms with E-state index in [0.29, 0.717) is 5.11 Å². The van der Waals surface area contributed by atoms with Gasteiger partial charge < -0.3 is 5.73 Å². The summed E-state index contributed by atoms with van der Waals surface area (Å²) in [5.41, 5.74) is 6.11. The van der Waals surface area contributed by atoms with E-state index >= 15 is 0 Å². The van der Waals surface area contributed by atoms with Gasteiger partial charge in [-0.15, -0.1) is 0 Å². The first-order valence-electron chi connectivity index (χ1n) is 3.25. The molecule has 8 heavy (non-hydrogen) atoms. The van der Waals surface area contributed by atoms with Gasteiger partial charge in [0.1, 0.15) is 0 Å². The molecule has 1 fully saturated rings. The van der Waals surface area contributed by atoms with Gasteiger partial charge >= 0.3 is 0 Å². The fraction of sp³-hybridized carbons (Fsp3) is 1.00. The fourth-order valence-corrected chi connectivity index (χ4v) is 0.885. The molecule has 1 nitrogen and oxygen atoms in total. The van der Waals surface area contributed by atoms with Crippen LogP contribution in [-0.2, 0) is 0 Å². The normalized spacial score (nSPS) is 25.1. The summed E-state index contributed by atoms with van der Waals surface area (Å²) in [5.74, 6) is 0. The molecule has 0 aromatic carbocycles. The molecule has 1 aliphatic rings. The van der Waals surface area contributed by atoms with Crippen LogP contribution in [0.3, 0.4) is 0 Å². The SMILES string of the molecule is BC(B)(B)C1(N)CC1. The van der Waals surface area contributed by atoms with Gasteiger partial charge in [0.2, 0.25) is 0 Å². The number of rotatable bonds is 1. The second-order valence-corrected chi connectivity index (χ2v) is 3.91. The first-order valence-corrected chi connectivity index (χ1v) is 3.25. The molecule has 0 radical (unpaired) electrons. The predicted octanol–water partition coefficient (Wildman–Crippen LogP) is -2.55. The molecule has 0 heterocycles. The van der Waals surface area contributed by atoms with Crippen molar-refractivity contribution in [1.82, 2.24) is 0 Å². The lowest BCUT2D eigenvalue weighted by Gasteiger charge is -2.26. The van der Waals surface area contributed by atoms with Crippen molar-refractivity contribution in [2.75, 3.05) is 0 Å². The first-order chi connectivity index (χ1) is 3.46. The van der Waals surface area contributed by atoms with Crippen LogP contribution in [0.25, 0.3) is 0 Å². The average molecular weight is 107 g/mol. The maximum absolute atomic E-state index is 5.92. The Kier molecular flexibility index (Phi) is 1.06. The van der Waals surface area contributed by atoms with Gasteiger partial charge in [-0.2, -0.15) is 0 Å². The van der Waals surface area contributed by atoms with Crippen LogP contribution >= 0.6 is 0 Å². The van der Waals surface area contributed by atoms with Crippen molar-refractivity contribution in [3.8, 4) is 0 Å². The highest BCUT2D eigenvalue weighted by Crippen LogP contribution is 2.46. The van der Waals surface area contributed by atoms with E-state index in [1.54, 1.807) is 0 Å². The summed E-state index contributed by atoms with van der Waals surface area (Å²) in [6.45, 7) is 0. The first kappa shape index (κ1) is 6.28. The zero-order chi connectivity index (χ0) is 6.41. The van der Waals surface area contributed by atoms with Gasteiger partial charge in [-0.3, -0.25) is 0 Å². The summed E-state index contributed by atoms with van der Waals surface area (Å²) in [5, 5.41) is 0.326.